The van der Waals surface area contributed by atoms with Crippen molar-refractivity contribution in [1.29, 1.82) is 0 Å². The second kappa shape index (κ2) is 9.72. The molecule has 5 rings (SSSR count). The summed E-state index contributed by atoms with van der Waals surface area (Å²) in [6, 6.07) is 10.4. The van der Waals surface area contributed by atoms with E-state index in [0.717, 1.165) is 42.9 Å². The number of aromatic nitrogens is 3. The fourth-order valence-electron chi connectivity index (χ4n) is 4.10. The van der Waals surface area contributed by atoms with Gasteiger partial charge in [0.2, 0.25) is 5.88 Å². The maximum absolute atomic E-state index is 11.8. The van der Waals surface area contributed by atoms with Crippen molar-refractivity contribution in [2.75, 3.05) is 29.7 Å². The molecule has 182 valence electrons. The Labute approximate surface area is 209 Å². The molecule has 0 aliphatic carbocycles. The predicted molar refractivity (Wildman–Crippen MR) is 136 cm³/mol. The molecule has 0 unspecified atom stereocenters. The van der Waals surface area contributed by atoms with Crippen LogP contribution in [0.1, 0.15) is 18.4 Å². The van der Waals surface area contributed by atoms with Gasteiger partial charge in [-0.2, -0.15) is 0 Å². The number of anilines is 3. The number of hydrogen-bond acceptors (Lipinski definition) is 9. The molecule has 0 radical (unpaired) electrons. The molecule has 0 saturated carbocycles. The monoisotopic (exact) mass is 511 g/mol. The van der Waals surface area contributed by atoms with E-state index in [1.807, 2.05) is 17.1 Å². The Hall–Kier alpha value is -3.35. The highest BCUT2D eigenvalue weighted by molar-refractivity contribution is 7.90. The van der Waals surface area contributed by atoms with Crippen LogP contribution in [0.2, 0.25) is 0 Å². The third-order valence-electron chi connectivity index (χ3n) is 5.97. The standard InChI is InChI=1S/C23H25N7O3S2/c1-35(31,32)19-4-2-17(3-5-19)30-21-20(14-27-30)22(26-15-25-21)33-18-8-12-29(13-9-18)23(34)28-16-6-10-24-11-7-16/h2-7,10-11,15,18,27H,8-9,12-14H2,1H3,(H,24,28,34). The molecule has 35 heavy (non-hydrogen) atoms. The van der Waals surface area contributed by atoms with E-state index in [2.05, 4.69) is 30.6 Å². The van der Waals surface area contributed by atoms with Gasteiger partial charge in [0, 0.05) is 56.8 Å². The van der Waals surface area contributed by atoms with Gasteiger partial charge < -0.3 is 15.0 Å². The number of fused-ring (bicyclic) bond motifs is 1. The van der Waals surface area contributed by atoms with E-state index in [-0.39, 0.29) is 11.0 Å². The van der Waals surface area contributed by atoms with Crippen LogP contribution >= 0.6 is 12.2 Å². The van der Waals surface area contributed by atoms with Gasteiger partial charge in [-0.15, -0.1) is 0 Å². The topological polar surface area (TPSA) is 113 Å². The average Bonchev–Trinajstić information content (AvgIpc) is 3.30. The van der Waals surface area contributed by atoms with Crippen LogP contribution in [0.5, 0.6) is 5.88 Å². The molecule has 12 heteroatoms. The van der Waals surface area contributed by atoms with E-state index < -0.39 is 9.84 Å². The zero-order valence-corrected chi connectivity index (χ0v) is 20.7. The van der Waals surface area contributed by atoms with E-state index in [1.54, 1.807) is 36.7 Å². The molecule has 1 fully saturated rings. The van der Waals surface area contributed by atoms with Crippen LogP contribution in [0.15, 0.2) is 60.0 Å². The Morgan fingerprint density at radius 3 is 2.51 bits per heavy atom. The van der Waals surface area contributed by atoms with Crippen molar-refractivity contribution in [1.82, 2.24) is 25.3 Å². The van der Waals surface area contributed by atoms with Gasteiger partial charge >= 0.3 is 0 Å². The van der Waals surface area contributed by atoms with Crippen LogP contribution in [0.3, 0.4) is 0 Å². The minimum atomic E-state index is -3.25. The summed E-state index contributed by atoms with van der Waals surface area (Å²) in [5.74, 6) is 1.26. The molecular formula is C23H25N7O3S2. The van der Waals surface area contributed by atoms with Crippen molar-refractivity contribution in [2.45, 2.75) is 30.4 Å². The summed E-state index contributed by atoms with van der Waals surface area (Å²) in [6.07, 6.45) is 7.80. The summed E-state index contributed by atoms with van der Waals surface area (Å²) in [5, 5.41) is 5.77. The third kappa shape index (κ3) is 5.19. The average molecular weight is 512 g/mol. The molecule has 4 heterocycles. The first-order valence-corrected chi connectivity index (χ1v) is 13.5. The second-order valence-electron chi connectivity index (χ2n) is 8.39. The number of sulfone groups is 1. The lowest BCUT2D eigenvalue weighted by Crippen LogP contribution is -2.43. The van der Waals surface area contributed by atoms with Crippen LogP contribution in [0.4, 0.5) is 17.2 Å². The van der Waals surface area contributed by atoms with Crippen LogP contribution in [-0.4, -0.2) is 58.8 Å². The maximum atomic E-state index is 11.8. The van der Waals surface area contributed by atoms with Gasteiger partial charge in [0.25, 0.3) is 0 Å². The molecule has 2 aliphatic rings. The summed E-state index contributed by atoms with van der Waals surface area (Å²) < 4.78 is 29.8. The lowest BCUT2D eigenvalue weighted by atomic mass is 10.1. The summed E-state index contributed by atoms with van der Waals surface area (Å²) in [6.45, 7) is 2.08. The fourth-order valence-corrected chi connectivity index (χ4v) is 5.03. The van der Waals surface area contributed by atoms with Gasteiger partial charge in [-0.3, -0.25) is 9.99 Å². The number of hydrazine groups is 1. The fraction of sp³-hybridized carbons (Fsp3) is 0.304. The number of rotatable bonds is 5. The molecule has 2 N–H and O–H groups in total. The molecular weight excluding hydrogens is 486 g/mol. The zero-order chi connectivity index (χ0) is 24.4. The van der Waals surface area contributed by atoms with E-state index in [0.29, 0.717) is 23.4 Å². The summed E-state index contributed by atoms with van der Waals surface area (Å²) in [4.78, 5) is 15.3. The third-order valence-corrected chi connectivity index (χ3v) is 7.46. The Kier molecular flexibility index (Phi) is 6.50. The molecule has 10 nitrogen and oxygen atoms in total. The van der Waals surface area contributed by atoms with E-state index in [4.69, 9.17) is 17.0 Å². The van der Waals surface area contributed by atoms with E-state index >= 15 is 0 Å². The van der Waals surface area contributed by atoms with Gasteiger partial charge in [0.05, 0.1) is 16.1 Å². The number of likely N-dealkylation sites (tertiary alicyclic amines) is 1. The Morgan fingerprint density at radius 2 is 1.83 bits per heavy atom. The molecule has 2 aromatic heterocycles. The van der Waals surface area contributed by atoms with E-state index in [1.165, 1.54) is 12.6 Å². The van der Waals surface area contributed by atoms with Crippen molar-refractivity contribution in [3.8, 4) is 5.88 Å². The molecule has 2 aliphatic heterocycles. The van der Waals surface area contributed by atoms with Crippen molar-refractivity contribution in [2.24, 2.45) is 0 Å². The van der Waals surface area contributed by atoms with E-state index in [9.17, 15) is 8.42 Å². The Bertz CT molecular complexity index is 1310. The van der Waals surface area contributed by atoms with Gasteiger partial charge in [-0.1, -0.05) is 0 Å². The van der Waals surface area contributed by atoms with Crippen molar-refractivity contribution < 1.29 is 13.2 Å². The first-order valence-electron chi connectivity index (χ1n) is 11.2. The summed E-state index contributed by atoms with van der Waals surface area (Å²) in [7, 11) is -3.25. The summed E-state index contributed by atoms with van der Waals surface area (Å²) in [5.41, 5.74) is 5.86. The minimum Gasteiger partial charge on any atom is -0.474 e. The van der Waals surface area contributed by atoms with Crippen LogP contribution in [0.25, 0.3) is 0 Å². The molecule has 0 atom stereocenters. The van der Waals surface area contributed by atoms with Crippen molar-refractivity contribution in [3.63, 3.8) is 0 Å². The minimum absolute atomic E-state index is 0.0251. The Balaban J connectivity index is 1.22. The number of nitrogens with zero attached hydrogens (tertiary/aromatic N) is 5. The van der Waals surface area contributed by atoms with Gasteiger partial charge in [-0.05, 0) is 48.6 Å². The van der Waals surface area contributed by atoms with Crippen LogP contribution in [0, 0.1) is 0 Å². The highest BCUT2D eigenvalue weighted by Crippen LogP contribution is 2.35. The normalized spacial score (nSPS) is 16.1. The smallest absolute Gasteiger partial charge is 0.223 e. The predicted octanol–water partition coefficient (Wildman–Crippen LogP) is 2.67. The SMILES string of the molecule is CS(=O)(=O)c1ccc(N2NCc3c(OC4CCN(C(=S)Nc5ccncc5)CC4)ncnc32)cc1. The highest BCUT2D eigenvalue weighted by Gasteiger charge is 2.29. The van der Waals surface area contributed by atoms with Crippen molar-refractivity contribution in [3.05, 3.63) is 60.7 Å². The maximum Gasteiger partial charge on any atom is 0.223 e. The van der Waals surface area contributed by atoms with Gasteiger partial charge in [0.15, 0.2) is 20.8 Å². The lowest BCUT2D eigenvalue weighted by Gasteiger charge is -2.33. The number of benzene rings is 1. The number of thiocarbonyl (C=S) groups is 1. The number of hydrogen-bond donors (Lipinski definition) is 2. The van der Waals surface area contributed by atoms with Gasteiger partial charge in [0.1, 0.15) is 12.4 Å². The first-order chi connectivity index (χ1) is 16.9. The summed E-state index contributed by atoms with van der Waals surface area (Å²) >= 11 is 5.56. The van der Waals surface area contributed by atoms with Crippen LogP contribution in [-0.2, 0) is 16.4 Å². The van der Waals surface area contributed by atoms with Crippen LogP contribution < -0.4 is 20.5 Å². The lowest BCUT2D eigenvalue weighted by molar-refractivity contribution is 0.125. The number of pyridine rings is 1. The molecule has 0 spiro atoms. The zero-order valence-electron chi connectivity index (χ0n) is 19.1. The van der Waals surface area contributed by atoms with Crippen molar-refractivity contribution >= 4 is 44.4 Å². The van der Waals surface area contributed by atoms with Gasteiger partial charge in [-0.25, -0.2) is 23.8 Å². The largest absolute Gasteiger partial charge is 0.474 e. The number of nitrogens with one attached hydrogen (secondary N) is 2. The molecule has 1 aromatic carbocycles. The molecule has 0 amide bonds. The Morgan fingerprint density at radius 1 is 1.11 bits per heavy atom. The highest BCUT2D eigenvalue weighted by atomic mass is 32.2. The quantitative estimate of drug-likeness (QED) is 0.493. The second-order valence-corrected chi connectivity index (χ2v) is 10.8. The number of piperidine rings is 1. The first kappa shape index (κ1) is 23.4. The molecule has 3 aromatic rings. The number of ether oxygens (including phenoxy) is 1. The molecule has 1 saturated heterocycles. The molecule has 0 bridgehead atoms.